The number of carbonyl (C=O) groups is 2. The normalized spacial score (nSPS) is 16.0. The number of aromatic nitrogens is 2. The first-order valence-electron chi connectivity index (χ1n) is 11.1. The van der Waals surface area contributed by atoms with Crippen molar-refractivity contribution < 1.29 is 14.0 Å². The molecule has 0 unspecified atom stereocenters. The van der Waals surface area contributed by atoms with Crippen molar-refractivity contribution >= 4 is 35.3 Å². The third kappa shape index (κ3) is 4.59. The van der Waals surface area contributed by atoms with E-state index in [2.05, 4.69) is 10.3 Å². The number of carbonyl (C=O) groups excluding carboxylic acids is 2. The number of nitrogens with one attached hydrogen (secondary N) is 1. The number of amides is 2. The van der Waals surface area contributed by atoms with Gasteiger partial charge in [0.2, 0.25) is 0 Å². The molecule has 3 aromatic heterocycles. The zero-order chi connectivity index (χ0) is 22.8. The largest absolute Gasteiger partial charge is 0.459 e. The Morgan fingerprint density at radius 3 is 2.88 bits per heavy atom. The molecular weight excluding hydrogens is 440 g/mol. The summed E-state index contributed by atoms with van der Waals surface area (Å²) >= 11 is 1.46. The monoisotopic (exact) mass is 464 g/mol. The van der Waals surface area contributed by atoms with Crippen LogP contribution in [0.4, 0.5) is 0 Å². The lowest BCUT2D eigenvalue weighted by Crippen LogP contribution is -2.38. The van der Waals surface area contributed by atoms with E-state index in [0.29, 0.717) is 30.5 Å². The zero-order valence-corrected chi connectivity index (χ0v) is 18.8. The van der Waals surface area contributed by atoms with E-state index in [-0.39, 0.29) is 23.0 Å². The van der Waals surface area contributed by atoms with Gasteiger partial charge in [0.05, 0.1) is 28.1 Å². The Morgan fingerprint density at radius 2 is 2.06 bits per heavy atom. The molecule has 0 bridgehead atoms. The molecule has 170 valence electrons. The van der Waals surface area contributed by atoms with Crippen molar-refractivity contribution in [3.63, 3.8) is 0 Å². The first-order valence-corrected chi connectivity index (χ1v) is 11.9. The summed E-state index contributed by atoms with van der Waals surface area (Å²) in [4.78, 5) is 43.4. The van der Waals surface area contributed by atoms with E-state index in [1.165, 1.54) is 30.2 Å². The Bertz CT molecular complexity index is 1290. The maximum Gasteiger partial charge on any atom is 0.289 e. The fourth-order valence-electron chi connectivity index (χ4n) is 4.36. The molecule has 0 radical (unpaired) electrons. The topological polar surface area (TPSA) is 96.9 Å². The lowest BCUT2D eigenvalue weighted by Gasteiger charge is -2.31. The number of pyridine rings is 1. The molecule has 1 fully saturated rings. The maximum atomic E-state index is 12.7. The zero-order valence-electron chi connectivity index (χ0n) is 18.0. The summed E-state index contributed by atoms with van der Waals surface area (Å²) < 4.78 is 7.24. The number of imidazole rings is 1. The van der Waals surface area contributed by atoms with E-state index in [1.807, 2.05) is 28.7 Å². The molecule has 0 aromatic carbocycles. The number of hydrogen-bond donors (Lipinski definition) is 1. The fourth-order valence-corrected chi connectivity index (χ4v) is 5.36. The fraction of sp³-hybridized carbons (Fsp3) is 0.333. The highest BCUT2D eigenvalue weighted by molar-refractivity contribution is 8.04. The molecule has 9 heteroatoms. The maximum absolute atomic E-state index is 12.7. The lowest BCUT2D eigenvalue weighted by molar-refractivity contribution is -0.116. The number of nitrogens with zero attached hydrogens (tertiary/aromatic N) is 3. The molecule has 1 saturated heterocycles. The van der Waals surface area contributed by atoms with Gasteiger partial charge in [-0.05, 0) is 49.8 Å². The van der Waals surface area contributed by atoms with Crippen molar-refractivity contribution in [1.82, 2.24) is 19.6 Å². The third-order valence-corrected chi connectivity index (χ3v) is 7.18. The van der Waals surface area contributed by atoms with Crippen molar-refractivity contribution in [2.24, 2.45) is 5.92 Å². The van der Waals surface area contributed by atoms with Crippen molar-refractivity contribution in [2.45, 2.75) is 30.7 Å². The van der Waals surface area contributed by atoms with Gasteiger partial charge in [-0.3, -0.25) is 18.8 Å². The van der Waals surface area contributed by atoms with Crippen LogP contribution in [0.3, 0.4) is 0 Å². The van der Waals surface area contributed by atoms with Gasteiger partial charge in [-0.1, -0.05) is 17.8 Å². The van der Waals surface area contributed by atoms with Crippen LogP contribution in [-0.2, 0) is 4.79 Å². The predicted molar refractivity (Wildman–Crippen MR) is 125 cm³/mol. The molecule has 3 aromatic rings. The van der Waals surface area contributed by atoms with Crippen LogP contribution in [-0.4, -0.2) is 45.7 Å². The summed E-state index contributed by atoms with van der Waals surface area (Å²) in [6, 6.07) is 8.42. The van der Waals surface area contributed by atoms with Crippen LogP contribution < -0.4 is 10.7 Å². The molecule has 2 amide bonds. The summed E-state index contributed by atoms with van der Waals surface area (Å²) in [5, 5.41) is 4.03. The van der Waals surface area contributed by atoms with Crippen molar-refractivity contribution in [3.8, 4) is 0 Å². The van der Waals surface area contributed by atoms with Crippen LogP contribution in [0.15, 0.2) is 61.9 Å². The molecule has 0 aliphatic carbocycles. The van der Waals surface area contributed by atoms with E-state index in [4.69, 9.17) is 4.42 Å². The molecule has 5 heterocycles. The van der Waals surface area contributed by atoms with Crippen LogP contribution in [0.25, 0.3) is 11.7 Å². The minimum absolute atomic E-state index is 0.0609. The van der Waals surface area contributed by atoms with Gasteiger partial charge in [-0.25, -0.2) is 4.98 Å². The van der Waals surface area contributed by atoms with Gasteiger partial charge in [0, 0.05) is 31.8 Å². The van der Waals surface area contributed by atoms with Crippen molar-refractivity contribution in [2.75, 3.05) is 19.6 Å². The molecule has 0 spiro atoms. The summed E-state index contributed by atoms with van der Waals surface area (Å²) in [6.45, 7) is 1.92. The Balaban J connectivity index is 1.06. The highest BCUT2D eigenvalue weighted by atomic mass is 32.2. The van der Waals surface area contributed by atoms with Crippen LogP contribution in [0, 0.1) is 5.92 Å². The Morgan fingerprint density at radius 1 is 1.21 bits per heavy atom. The molecule has 1 N–H and O–H groups in total. The van der Waals surface area contributed by atoms with E-state index in [0.717, 1.165) is 42.1 Å². The molecular formula is C24H24N4O4S. The second kappa shape index (κ2) is 9.27. The Hall–Kier alpha value is -3.33. The second-order valence-corrected chi connectivity index (χ2v) is 9.38. The van der Waals surface area contributed by atoms with Crippen LogP contribution in [0.2, 0.25) is 0 Å². The van der Waals surface area contributed by atoms with Crippen LogP contribution in [0.5, 0.6) is 0 Å². The molecule has 8 nitrogen and oxygen atoms in total. The quantitative estimate of drug-likeness (QED) is 0.563. The number of piperidine rings is 1. The first kappa shape index (κ1) is 21.5. The van der Waals surface area contributed by atoms with Crippen molar-refractivity contribution in [3.05, 3.63) is 69.4 Å². The summed E-state index contributed by atoms with van der Waals surface area (Å²) in [5.41, 5.74) is 1.57. The van der Waals surface area contributed by atoms with Crippen LogP contribution >= 0.6 is 11.8 Å². The summed E-state index contributed by atoms with van der Waals surface area (Å²) in [5.74, 6) is 0.324. The third-order valence-electron chi connectivity index (χ3n) is 6.13. The highest BCUT2D eigenvalue weighted by Crippen LogP contribution is 2.34. The smallest absolute Gasteiger partial charge is 0.289 e. The highest BCUT2D eigenvalue weighted by Gasteiger charge is 2.25. The number of likely N-dealkylation sites (tertiary alicyclic amines) is 1. The molecule has 0 atom stereocenters. The number of rotatable bonds is 6. The second-order valence-electron chi connectivity index (χ2n) is 8.32. The number of hydrogen-bond acceptors (Lipinski definition) is 6. The van der Waals surface area contributed by atoms with E-state index < -0.39 is 0 Å². The van der Waals surface area contributed by atoms with E-state index >= 15 is 0 Å². The predicted octanol–water partition coefficient (Wildman–Crippen LogP) is 3.18. The Kier molecular flexibility index (Phi) is 6.04. The molecule has 5 rings (SSSR count). The van der Waals surface area contributed by atoms with E-state index in [9.17, 15) is 14.4 Å². The number of thioether (sulfide) groups is 1. The van der Waals surface area contributed by atoms with Gasteiger partial charge in [0.1, 0.15) is 5.65 Å². The summed E-state index contributed by atoms with van der Waals surface area (Å²) in [7, 11) is 0. The minimum atomic E-state index is -0.230. The van der Waals surface area contributed by atoms with Gasteiger partial charge in [0.25, 0.3) is 11.8 Å². The SMILES string of the molecule is O=C(NCCCC1CCN(C(=O)c2cc(=O)cco2)CC1)C1=Cc2cnc3cccc(n23)S1. The molecule has 33 heavy (non-hydrogen) atoms. The average Bonchev–Trinajstić information content (AvgIpc) is 3.26. The van der Waals surface area contributed by atoms with Crippen molar-refractivity contribution in [1.29, 1.82) is 0 Å². The van der Waals surface area contributed by atoms with Gasteiger partial charge < -0.3 is 14.6 Å². The van der Waals surface area contributed by atoms with Gasteiger partial charge in [-0.15, -0.1) is 0 Å². The minimum Gasteiger partial charge on any atom is -0.459 e. The average molecular weight is 465 g/mol. The van der Waals surface area contributed by atoms with Gasteiger partial charge in [-0.2, -0.15) is 0 Å². The molecule has 2 aliphatic heterocycles. The standard InChI is InChI=1S/C24H24N4O4S/c29-18-8-12-32-19(14-18)24(31)27-10-6-16(7-11-27)3-2-9-25-23(30)20-13-17-15-26-21-4-1-5-22(33-20)28(17)21/h1,4-5,8,12-16H,2-3,6-7,9-11H2,(H,25,30). The molecule has 2 aliphatic rings. The summed E-state index contributed by atoms with van der Waals surface area (Å²) in [6.07, 6.45) is 8.64. The van der Waals surface area contributed by atoms with Gasteiger partial charge >= 0.3 is 0 Å². The van der Waals surface area contributed by atoms with E-state index in [1.54, 1.807) is 11.1 Å². The first-order chi connectivity index (χ1) is 16.1. The van der Waals surface area contributed by atoms with Crippen LogP contribution in [0.1, 0.15) is 41.9 Å². The molecule has 0 saturated carbocycles. The van der Waals surface area contributed by atoms with Gasteiger partial charge in [0.15, 0.2) is 11.2 Å². The lowest BCUT2D eigenvalue weighted by atomic mass is 9.92. The Labute approximate surface area is 194 Å².